The van der Waals surface area contributed by atoms with Gasteiger partial charge in [-0.15, -0.1) is 0 Å². The Morgan fingerprint density at radius 2 is 1.83 bits per heavy atom. The lowest BCUT2D eigenvalue weighted by Crippen LogP contribution is -2.49. The molecule has 0 amide bonds. The Hall–Kier alpha value is -1.89. The van der Waals surface area contributed by atoms with Crippen molar-refractivity contribution in [2.75, 3.05) is 41.1 Å². The molecular weight excluding hydrogens is 310 g/mol. The molecule has 1 heterocycles. The van der Waals surface area contributed by atoms with Crippen LogP contribution in [0.5, 0.6) is 0 Å². The van der Waals surface area contributed by atoms with E-state index in [0.717, 1.165) is 5.56 Å². The molecule has 1 aromatic rings. The van der Waals surface area contributed by atoms with Crippen molar-refractivity contribution in [3.63, 3.8) is 0 Å². The van der Waals surface area contributed by atoms with Crippen LogP contribution < -0.4 is 0 Å². The molecule has 2 rings (SSSR count). The summed E-state index contributed by atoms with van der Waals surface area (Å²) in [6.07, 6.45) is 0. The molecule has 1 aliphatic rings. The van der Waals surface area contributed by atoms with Gasteiger partial charge in [-0.25, -0.2) is 4.79 Å². The quantitative estimate of drug-likeness (QED) is 0.766. The molecule has 1 N–H and O–H groups in total. The Kier molecular flexibility index (Phi) is 6.78. The van der Waals surface area contributed by atoms with E-state index in [-0.39, 0.29) is 23.3 Å². The molecule has 6 nitrogen and oxygen atoms in total. The fourth-order valence-electron chi connectivity index (χ4n) is 3.09. The fraction of sp³-hybridized carbons (Fsp3) is 0.500. The second-order valence-electron chi connectivity index (χ2n) is 5.83. The highest BCUT2D eigenvalue weighted by atomic mass is 16.5. The van der Waals surface area contributed by atoms with E-state index in [1.165, 1.54) is 7.11 Å². The minimum Gasteiger partial charge on any atom is -0.511 e. The van der Waals surface area contributed by atoms with Gasteiger partial charge in [0.2, 0.25) is 0 Å². The zero-order valence-corrected chi connectivity index (χ0v) is 14.4. The maximum Gasteiger partial charge on any atom is 0.338 e. The summed E-state index contributed by atoms with van der Waals surface area (Å²) in [4.78, 5) is 14.4. The van der Waals surface area contributed by atoms with Crippen molar-refractivity contribution in [2.24, 2.45) is 5.92 Å². The molecule has 1 aliphatic heterocycles. The SMILES string of the molecule is COCC1CN(Cc2ccccc2)[C@H](COC)C(C(=O)OC)=C1O. The topological polar surface area (TPSA) is 68.2 Å². The largest absolute Gasteiger partial charge is 0.511 e. The Balaban J connectivity index is 2.36. The zero-order chi connectivity index (χ0) is 17.5. The van der Waals surface area contributed by atoms with E-state index in [1.54, 1.807) is 14.2 Å². The molecule has 0 bridgehead atoms. The van der Waals surface area contributed by atoms with Gasteiger partial charge in [-0.2, -0.15) is 0 Å². The van der Waals surface area contributed by atoms with Crippen LogP contribution in [-0.2, 0) is 25.5 Å². The molecule has 1 unspecified atom stereocenters. The second-order valence-corrected chi connectivity index (χ2v) is 5.83. The number of aliphatic hydroxyl groups is 1. The molecule has 0 spiro atoms. The molecule has 132 valence electrons. The number of carbonyl (C=O) groups excluding carboxylic acids is 1. The Morgan fingerprint density at radius 3 is 2.42 bits per heavy atom. The first-order valence-electron chi connectivity index (χ1n) is 7.89. The third-order valence-electron chi connectivity index (χ3n) is 4.22. The van der Waals surface area contributed by atoms with E-state index in [1.807, 2.05) is 30.3 Å². The summed E-state index contributed by atoms with van der Waals surface area (Å²) in [7, 11) is 4.47. The number of esters is 1. The fourth-order valence-corrected chi connectivity index (χ4v) is 3.09. The van der Waals surface area contributed by atoms with E-state index in [2.05, 4.69) is 4.90 Å². The minimum absolute atomic E-state index is 0.0371. The summed E-state index contributed by atoms with van der Waals surface area (Å²) >= 11 is 0. The van der Waals surface area contributed by atoms with Crippen molar-refractivity contribution in [1.29, 1.82) is 0 Å². The molecular formula is C18H25NO5. The first-order chi connectivity index (χ1) is 11.6. The summed E-state index contributed by atoms with van der Waals surface area (Å²) in [5, 5.41) is 10.6. The predicted octanol–water partition coefficient (Wildman–Crippen LogP) is 1.76. The molecule has 0 radical (unpaired) electrons. The van der Waals surface area contributed by atoms with Crippen LogP contribution >= 0.6 is 0 Å². The van der Waals surface area contributed by atoms with Crippen LogP contribution in [0.3, 0.4) is 0 Å². The number of carbonyl (C=O) groups is 1. The summed E-state index contributed by atoms with van der Waals surface area (Å²) in [6, 6.07) is 9.62. The van der Waals surface area contributed by atoms with Gasteiger partial charge < -0.3 is 19.3 Å². The summed E-state index contributed by atoms with van der Waals surface area (Å²) in [5.74, 6) is -0.774. The van der Waals surface area contributed by atoms with Gasteiger partial charge in [0.25, 0.3) is 0 Å². The minimum atomic E-state index is -0.534. The molecule has 0 fully saturated rings. The number of rotatable bonds is 7. The standard InChI is InChI=1S/C18H25NO5/c1-22-11-14-10-19(9-13-7-5-4-6-8-13)15(12-23-2)16(17(14)20)18(21)24-3/h4-8,14-15,20H,9-12H2,1-3H3/t14?,15-/m1/s1. The third kappa shape index (κ3) is 4.14. The lowest BCUT2D eigenvalue weighted by atomic mass is 9.91. The van der Waals surface area contributed by atoms with Crippen molar-refractivity contribution in [3.8, 4) is 0 Å². The van der Waals surface area contributed by atoms with Crippen LogP contribution in [0.25, 0.3) is 0 Å². The summed E-state index contributed by atoms with van der Waals surface area (Å²) < 4.78 is 15.4. The molecule has 0 saturated carbocycles. The van der Waals surface area contributed by atoms with Gasteiger partial charge in [0.15, 0.2) is 0 Å². The number of hydrogen-bond donors (Lipinski definition) is 1. The van der Waals surface area contributed by atoms with Gasteiger partial charge in [-0.1, -0.05) is 30.3 Å². The lowest BCUT2D eigenvalue weighted by Gasteiger charge is -2.39. The highest BCUT2D eigenvalue weighted by Crippen LogP contribution is 2.29. The van der Waals surface area contributed by atoms with Crippen molar-refractivity contribution in [2.45, 2.75) is 12.6 Å². The van der Waals surface area contributed by atoms with Gasteiger partial charge in [0.1, 0.15) is 5.76 Å². The molecule has 6 heteroatoms. The third-order valence-corrected chi connectivity index (χ3v) is 4.22. The maximum atomic E-state index is 12.2. The molecule has 0 aliphatic carbocycles. The number of aliphatic hydroxyl groups excluding tert-OH is 1. The number of hydrogen-bond acceptors (Lipinski definition) is 6. The van der Waals surface area contributed by atoms with Gasteiger partial charge in [0, 0.05) is 27.3 Å². The van der Waals surface area contributed by atoms with Crippen molar-refractivity contribution >= 4 is 5.97 Å². The van der Waals surface area contributed by atoms with Crippen molar-refractivity contribution < 1.29 is 24.1 Å². The van der Waals surface area contributed by atoms with Crippen LogP contribution in [0.15, 0.2) is 41.7 Å². The second kappa shape index (κ2) is 8.82. The monoisotopic (exact) mass is 335 g/mol. The maximum absolute atomic E-state index is 12.2. The van der Waals surface area contributed by atoms with Gasteiger partial charge in [-0.3, -0.25) is 4.90 Å². The highest BCUT2D eigenvalue weighted by Gasteiger charge is 2.39. The van der Waals surface area contributed by atoms with Crippen LogP contribution in [-0.4, -0.2) is 63.1 Å². The van der Waals surface area contributed by atoms with Gasteiger partial charge in [-0.05, 0) is 5.56 Å². The Labute approximate surface area is 142 Å². The molecule has 24 heavy (non-hydrogen) atoms. The number of methoxy groups -OCH3 is 3. The number of nitrogens with zero attached hydrogens (tertiary/aromatic N) is 1. The van der Waals surface area contributed by atoms with E-state index < -0.39 is 5.97 Å². The van der Waals surface area contributed by atoms with E-state index in [9.17, 15) is 9.90 Å². The molecule has 0 saturated heterocycles. The average molecular weight is 335 g/mol. The van der Waals surface area contributed by atoms with E-state index in [0.29, 0.717) is 26.3 Å². The normalized spacial score (nSPS) is 21.8. The highest BCUT2D eigenvalue weighted by molar-refractivity contribution is 5.90. The zero-order valence-electron chi connectivity index (χ0n) is 14.4. The average Bonchev–Trinajstić information content (AvgIpc) is 2.59. The van der Waals surface area contributed by atoms with Crippen molar-refractivity contribution in [1.82, 2.24) is 4.90 Å². The van der Waals surface area contributed by atoms with E-state index >= 15 is 0 Å². The van der Waals surface area contributed by atoms with Crippen LogP contribution in [0, 0.1) is 5.92 Å². The van der Waals surface area contributed by atoms with E-state index in [4.69, 9.17) is 14.2 Å². The van der Waals surface area contributed by atoms with Crippen LogP contribution in [0.2, 0.25) is 0 Å². The predicted molar refractivity (Wildman–Crippen MR) is 89.6 cm³/mol. The van der Waals surface area contributed by atoms with Gasteiger partial charge >= 0.3 is 5.97 Å². The summed E-state index contributed by atoms with van der Waals surface area (Å²) in [5.41, 5.74) is 1.38. The number of benzene rings is 1. The first kappa shape index (κ1) is 18.4. The number of ether oxygens (including phenoxy) is 3. The lowest BCUT2D eigenvalue weighted by molar-refractivity contribution is -0.138. The van der Waals surface area contributed by atoms with Crippen LogP contribution in [0.4, 0.5) is 0 Å². The molecule has 0 aromatic heterocycles. The van der Waals surface area contributed by atoms with Crippen molar-refractivity contribution in [3.05, 3.63) is 47.2 Å². The Bertz CT molecular complexity index is 572. The molecule has 1 aromatic carbocycles. The molecule has 2 atom stereocenters. The smallest absolute Gasteiger partial charge is 0.338 e. The van der Waals surface area contributed by atoms with Gasteiger partial charge in [0.05, 0.1) is 37.9 Å². The Morgan fingerprint density at radius 1 is 1.17 bits per heavy atom. The van der Waals surface area contributed by atoms with Crippen LogP contribution in [0.1, 0.15) is 5.56 Å². The first-order valence-corrected chi connectivity index (χ1v) is 7.89. The summed E-state index contributed by atoms with van der Waals surface area (Å²) in [6.45, 7) is 1.84.